The Hall–Kier alpha value is -1.71. The van der Waals surface area contributed by atoms with Crippen molar-refractivity contribution in [3.05, 3.63) is 23.8 Å². The van der Waals surface area contributed by atoms with Gasteiger partial charge in [0.2, 0.25) is 0 Å². The van der Waals surface area contributed by atoms with E-state index in [0.717, 1.165) is 5.69 Å². The molecule has 0 heterocycles. The average Bonchev–Trinajstić information content (AvgIpc) is 2.16. The van der Waals surface area contributed by atoms with Gasteiger partial charge in [0.05, 0.1) is 0 Å². The van der Waals surface area contributed by atoms with Gasteiger partial charge in [-0.3, -0.25) is 4.79 Å². The first-order chi connectivity index (χ1) is 7.00. The lowest BCUT2D eigenvalue weighted by molar-refractivity contribution is -0.136. The van der Waals surface area contributed by atoms with E-state index in [-0.39, 0.29) is 12.2 Å². The number of carboxylic acids is 1. The van der Waals surface area contributed by atoms with E-state index in [0.29, 0.717) is 12.0 Å². The number of carbonyl (C=O) groups is 1. The van der Waals surface area contributed by atoms with Gasteiger partial charge in [-0.15, -0.1) is 0 Å². The van der Waals surface area contributed by atoms with Crippen molar-refractivity contribution in [2.45, 2.75) is 12.8 Å². The standard InChI is InChI=1S/C11H15NO3/c1-12(2)9-4-5-10(13)8(7-9)3-6-11(14)15/h4-5,7,13H,3,6H2,1-2H3,(H,14,15). The summed E-state index contributed by atoms with van der Waals surface area (Å²) in [6, 6.07) is 5.18. The predicted octanol–water partition coefficient (Wildman–Crippen LogP) is 1.48. The van der Waals surface area contributed by atoms with Gasteiger partial charge in [-0.2, -0.15) is 0 Å². The van der Waals surface area contributed by atoms with Gasteiger partial charge in [0.15, 0.2) is 0 Å². The number of nitrogens with zero attached hydrogens (tertiary/aromatic N) is 1. The maximum absolute atomic E-state index is 10.4. The van der Waals surface area contributed by atoms with Crippen LogP contribution >= 0.6 is 0 Å². The fourth-order valence-electron chi connectivity index (χ4n) is 1.29. The number of benzene rings is 1. The smallest absolute Gasteiger partial charge is 0.303 e. The van der Waals surface area contributed by atoms with E-state index in [1.54, 1.807) is 18.2 Å². The summed E-state index contributed by atoms with van der Waals surface area (Å²) < 4.78 is 0. The van der Waals surface area contributed by atoms with Crippen LogP contribution in [0.25, 0.3) is 0 Å². The molecule has 1 aromatic rings. The van der Waals surface area contributed by atoms with Gasteiger partial charge in [-0.05, 0) is 30.2 Å². The Kier molecular flexibility index (Phi) is 3.55. The summed E-state index contributed by atoms with van der Waals surface area (Å²) in [5.41, 5.74) is 1.62. The van der Waals surface area contributed by atoms with Crippen LogP contribution in [0.2, 0.25) is 0 Å². The quantitative estimate of drug-likeness (QED) is 0.788. The van der Waals surface area contributed by atoms with Crippen molar-refractivity contribution in [2.75, 3.05) is 19.0 Å². The second-order valence-electron chi connectivity index (χ2n) is 3.60. The second-order valence-corrected chi connectivity index (χ2v) is 3.60. The molecule has 0 fully saturated rings. The normalized spacial score (nSPS) is 10.0. The molecular weight excluding hydrogens is 194 g/mol. The van der Waals surface area contributed by atoms with Gasteiger partial charge in [0, 0.05) is 26.2 Å². The molecule has 0 unspecified atom stereocenters. The highest BCUT2D eigenvalue weighted by atomic mass is 16.4. The van der Waals surface area contributed by atoms with E-state index in [2.05, 4.69) is 0 Å². The summed E-state index contributed by atoms with van der Waals surface area (Å²) in [5, 5.41) is 18.1. The molecule has 0 aliphatic heterocycles. The van der Waals surface area contributed by atoms with Crippen LogP contribution in [0.1, 0.15) is 12.0 Å². The third-order valence-corrected chi connectivity index (χ3v) is 2.19. The van der Waals surface area contributed by atoms with Crippen LogP contribution in [-0.2, 0) is 11.2 Å². The largest absolute Gasteiger partial charge is 0.508 e. The number of carboxylic acid groups (broad SMARTS) is 1. The van der Waals surface area contributed by atoms with Crippen molar-refractivity contribution in [3.8, 4) is 5.75 Å². The molecule has 82 valence electrons. The van der Waals surface area contributed by atoms with Crippen molar-refractivity contribution in [1.29, 1.82) is 0 Å². The van der Waals surface area contributed by atoms with E-state index >= 15 is 0 Å². The third-order valence-electron chi connectivity index (χ3n) is 2.19. The van der Waals surface area contributed by atoms with E-state index in [1.165, 1.54) is 0 Å². The van der Waals surface area contributed by atoms with Gasteiger partial charge < -0.3 is 15.1 Å². The topological polar surface area (TPSA) is 60.8 Å². The van der Waals surface area contributed by atoms with Crippen LogP contribution in [-0.4, -0.2) is 30.3 Å². The zero-order chi connectivity index (χ0) is 11.4. The Labute approximate surface area is 88.8 Å². The van der Waals surface area contributed by atoms with Crippen molar-refractivity contribution in [3.63, 3.8) is 0 Å². The molecule has 0 aromatic heterocycles. The minimum Gasteiger partial charge on any atom is -0.508 e. The lowest BCUT2D eigenvalue weighted by atomic mass is 10.1. The Morgan fingerprint density at radius 3 is 2.60 bits per heavy atom. The summed E-state index contributed by atoms with van der Waals surface area (Å²) in [7, 11) is 3.79. The second kappa shape index (κ2) is 4.68. The zero-order valence-corrected chi connectivity index (χ0v) is 8.90. The van der Waals surface area contributed by atoms with E-state index in [9.17, 15) is 9.90 Å². The highest BCUT2D eigenvalue weighted by Gasteiger charge is 2.06. The van der Waals surface area contributed by atoms with Crippen LogP contribution in [0.3, 0.4) is 0 Å². The summed E-state index contributed by atoms with van der Waals surface area (Å²) in [6.45, 7) is 0. The fraction of sp³-hybridized carbons (Fsp3) is 0.364. The molecule has 0 saturated carbocycles. The van der Waals surface area contributed by atoms with Gasteiger partial charge in [-0.1, -0.05) is 0 Å². The Balaban J connectivity index is 2.85. The Morgan fingerprint density at radius 1 is 1.40 bits per heavy atom. The number of hydrogen-bond acceptors (Lipinski definition) is 3. The summed E-state index contributed by atoms with van der Waals surface area (Å²) in [6.07, 6.45) is 0.382. The van der Waals surface area contributed by atoms with E-state index in [4.69, 9.17) is 5.11 Å². The van der Waals surface area contributed by atoms with Crippen molar-refractivity contribution in [1.82, 2.24) is 0 Å². The number of rotatable bonds is 4. The van der Waals surface area contributed by atoms with Crippen LogP contribution < -0.4 is 4.90 Å². The first-order valence-electron chi connectivity index (χ1n) is 4.71. The molecule has 1 aromatic carbocycles. The maximum atomic E-state index is 10.4. The number of anilines is 1. The lowest BCUT2D eigenvalue weighted by Gasteiger charge is -2.14. The molecule has 0 aliphatic carbocycles. The number of aromatic hydroxyl groups is 1. The third kappa shape index (κ3) is 3.16. The molecule has 15 heavy (non-hydrogen) atoms. The molecule has 0 aliphatic rings. The van der Waals surface area contributed by atoms with Crippen LogP contribution in [0.4, 0.5) is 5.69 Å². The van der Waals surface area contributed by atoms with Crippen molar-refractivity contribution >= 4 is 11.7 Å². The molecule has 4 nitrogen and oxygen atoms in total. The van der Waals surface area contributed by atoms with E-state index in [1.807, 2.05) is 19.0 Å². The molecule has 4 heteroatoms. The van der Waals surface area contributed by atoms with Crippen LogP contribution in [0.15, 0.2) is 18.2 Å². The van der Waals surface area contributed by atoms with Gasteiger partial charge in [0.1, 0.15) is 5.75 Å². The predicted molar refractivity (Wildman–Crippen MR) is 58.4 cm³/mol. The average molecular weight is 209 g/mol. The highest BCUT2D eigenvalue weighted by Crippen LogP contribution is 2.24. The first-order valence-corrected chi connectivity index (χ1v) is 4.71. The highest BCUT2D eigenvalue weighted by molar-refractivity contribution is 5.67. The fourth-order valence-corrected chi connectivity index (χ4v) is 1.29. The van der Waals surface area contributed by atoms with Crippen LogP contribution in [0, 0.1) is 0 Å². The number of phenolic OH excluding ortho intramolecular Hbond substituents is 1. The van der Waals surface area contributed by atoms with E-state index < -0.39 is 5.97 Å². The van der Waals surface area contributed by atoms with Crippen molar-refractivity contribution in [2.24, 2.45) is 0 Å². The molecule has 0 atom stereocenters. The Morgan fingerprint density at radius 2 is 2.07 bits per heavy atom. The number of aliphatic carboxylic acids is 1. The molecule has 0 radical (unpaired) electrons. The SMILES string of the molecule is CN(C)c1ccc(O)c(CCC(=O)O)c1. The zero-order valence-electron chi connectivity index (χ0n) is 8.90. The molecule has 1 rings (SSSR count). The minimum atomic E-state index is -0.857. The molecule has 0 spiro atoms. The van der Waals surface area contributed by atoms with Gasteiger partial charge in [-0.25, -0.2) is 0 Å². The number of aryl methyl sites for hydroxylation is 1. The van der Waals surface area contributed by atoms with Gasteiger partial charge in [0.25, 0.3) is 0 Å². The summed E-state index contributed by atoms with van der Waals surface area (Å²) >= 11 is 0. The summed E-state index contributed by atoms with van der Waals surface area (Å²) in [4.78, 5) is 12.3. The molecule has 2 N–H and O–H groups in total. The summed E-state index contributed by atoms with van der Waals surface area (Å²) in [5.74, 6) is -0.702. The number of phenols is 1. The van der Waals surface area contributed by atoms with Crippen molar-refractivity contribution < 1.29 is 15.0 Å². The van der Waals surface area contributed by atoms with Crippen LogP contribution in [0.5, 0.6) is 5.75 Å². The lowest BCUT2D eigenvalue weighted by Crippen LogP contribution is -2.09. The molecule has 0 bridgehead atoms. The number of hydrogen-bond donors (Lipinski definition) is 2. The molecule has 0 saturated heterocycles. The van der Waals surface area contributed by atoms with Gasteiger partial charge >= 0.3 is 5.97 Å². The molecule has 0 amide bonds. The monoisotopic (exact) mass is 209 g/mol. The first kappa shape index (κ1) is 11.4. The molecular formula is C11H15NO3. The Bertz CT molecular complexity index is 361. The minimum absolute atomic E-state index is 0.0322. The maximum Gasteiger partial charge on any atom is 0.303 e.